The standard InChI is InChI=1S/C35H43N3O2/c1-25-9-13-28(14-10-25)38-21-17-29-30-23-26(2)11-15-31(30)36-34(29)35(38)27-12-16-32(33(24-27)39-3)40-22-8-7-20-37-18-5-4-6-19-37/h9-16,23-24,35-36H,4-8,17-22H2,1-3H3. The van der Waals surface area contributed by atoms with Crippen LogP contribution in [0.1, 0.15) is 66.1 Å². The maximum atomic E-state index is 6.25. The van der Waals surface area contributed by atoms with Gasteiger partial charge in [-0.1, -0.05) is 41.8 Å². The highest BCUT2D eigenvalue weighted by Gasteiger charge is 2.32. The van der Waals surface area contributed by atoms with Crippen molar-refractivity contribution in [3.63, 3.8) is 0 Å². The number of aryl methyl sites for hydroxylation is 2. The monoisotopic (exact) mass is 537 g/mol. The Morgan fingerprint density at radius 2 is 1.62 bits per heavy atom. The van der Waals surface area contributed by atoms with E-state index >= 15 is 0 Å². The first-order chi connectivity index (χ1) is 19.6. The first-order valence-corrected chi connectivity index (χ1v) is 15.1. The third kappa shape index (κ3) is 5.57. The molecule has 1 unspecified atom stereocenters. The average Bonchev–Trinajstić information content (AvgIpc) is 3.35. The van der Waals surface area contributed by atoms with Gasteiger partial charge < -0.3 is 24.3 Å². The number of rotatable bonds is 9. The molecule has 210 valence electrons. The first kappa shape index (κ1) is 26.8. The van der Waals surface area contributed by atoms with Crippen molar-refractivity contribution in [1.82, 2.24) is 9.88 Å². The minimum Gasteiger partial charge on any atom is -0.493 e. The first-order valence-electron chi connectivity index (χ1n) is 15.1. The zero-order chi connectivity index (χ0) is 27.5. The number of anilines is 1. The fourth-order valence-electron chi connectivity index (χ4n) is 6.54. The molecule has 40 heavy (non-hydrogen) atoms. The van der Waals surface area contributed by atoms with Crippen LogP contribution in [-0.4, -0.2) is 49.8 Å². The van der Waals surface area contributed by atoms with E-state index in [4.69, 9.17) is 9.47 Å². The Morgan fingerprint density at radius 1 is 0.825 bits per heavy atom. The summed E-state index contributed by atoms with van der Waals surface area (Å²) >= 11 is 0. The molecule has 1 saturated heterocycles. The molecule has 0 aliphatic carbocycles. The van der Waals surface area contributed by atoms with E-state index in [0.29, 0.717) is 6.61 Å². The number of piperidine rings is 1. The number of nitrogens with one attached hydrogen (secondary N) is 1. The topological polar surface area (TPSA) is 40.7 Å². The summed E-state index contributed by atoms with van der Waals surface area (Å²) in [4.78, 5) is 8.94. The molecule has 0 radical (unpaired) electrons. The number of hydrogen-bond acceptors (Lipinski definition) is 4. The van der Waals surface area contributed by atoms with Crippen molar-refractivity contribution in [3.8, 4) is 11.5 Å². The molecule has 0 saturated carbocycles. The summed E-state index contributed by atoms with van der Waals surface area (Å²) in [5.74, 6) is 1.63. The minimum absolute atomic E-state index is 0.0617. The summed E-state index contributed by atoms with van der Waals surface area (Å²) in [6.07, 6.45) is 7.34. The van der Waals surface area contributed by atoms with Crippen molar-refractivity contribution in [2.24, 2.45) is 0 Å². The van der Waals surface area contributed by atoms with Gasteiger partial charge in [-0.05, 0) is 113 Å². The molecule has 0 amide bonds. The molecular formula is C35H43N3O2. The Morgan fingerprint density at radius 3 is 2.42 bits per heavy atom. The van der Waals surface area contributed by atoms with Gasteiger partial charge in [-0.2, -0.15) is 0 Å². The number of aromatic nitrogens is 1. The molecule has 5 nitrogen and oxygen atoms in total. The number of methoxy groups -OCH3 is 1. The van der Waals surface area contributed by atoms with E-state index in [0.717, 1.165) is 30.9 Å². The van der Waals surface area contributed by atoms with Crippen LogP contribution in [0.3, 0.4) is 0 Å². The van der Waals surface area contributed by atoms with Crippen LogP contribution in [-0.2, 0) is 6.42 Å². The smallest absolute Gasteiger partial charge is 0.161 e. The van der Waals surface area contributed by atoms with Gasteiger partial charge in [0.1, 0.15) is 0 Å². The fourth-order valence-corrected chi connectivity index (χ4v) is 6.54. The van der Waals surface area contributed by atoms with Gasteiger partial charge in [-0.3, -0.25) is 0 Å². The molecule has 1 N–H and O–H groups in total. The molecule has 4 aromatic rings. The molecule has 1 aromatic heterocycles. The van der Waals surface area contributed by atoms with E-state index in [1.54, 1.807) is 7.11 Å². The maximum Gasteiger partial charge on any atom is 0.161 e. The van der Waals surface area contributed by atoms with E-state index in [9.17, 15) is 0 Å². The number of H-pyrrole nitrogens is 1. The predicted octanol–water partition coefficient (Wildman–Crippen LogP) is 7.59. The van der Waals surface area contributed by atoms with Gasteiger partial charge in [-0.15, -0.1) is 0 Å². The van der Waals surface area contributed by atoms with Crippen LogP contribution in [0.4, 0.5) is 5.69 Å². The number of unbranched alkanes of at least 4 members (excludes halogenated alkanes) is 1. The molecule has 3 aromatic carbocycles. The van der Waals surface area contributed by atoms with E-state index in [1.807, 2.05) is 0 Å². The van der Waals surface area contributed by atoms with E-state index in [1.165, 1.54) is 89.9 Å². The van der Waals surface area contributed by atoms with Gasteiger partial charge in [0.25, 0.3) is 0 Å². The van der Waals surface area contributed by atoms with E-state index in [-0.39, 0.29) is 6.04 Å². The molecule has 3 heterocycles. The Kier molecular flexibility index (Phi) is 8.01. The number of hydrogen-bond donors (Lipinski definition) is 1. The Bertz CT molecular complexity index is 1440. The lowest BCUT2D eigenvalue weighted by Crippen LogP contribution is -2.36. The Labute approximate surface area is 239 Å². The van der Waals surface area contributed by atoms with Gasteiger partial charge >= 0.3 is 0 Å². The number of fused-ring (bicyclic) bond motifs is 3. The molecular weight excluding hydrogens is 494 g/mol. The minimum atomic E-state index is 0.0617. The summed E-state index contributed by atoms with van der Waals surface area (Å²) in [5, 5.41) is 1.35. The number of ether oxygens (including phenoxy) is 2. The molecule has 5 heteroatoms. The number of likely N-dealkylation sites (tertiary alicyclic amines) is 1. The van der Waals surface area contributed by atoms with Crippen molar-refractivity contribution < 1.29 is 9.47 Å². The van der Waals surface area contributed by atoms with Gasteiger partial charge in [-0.25, -0.2) is 0 Å². The van der Waals surface area contributed by atoms with Crippen LogP contribution in [0.2, 0.25) is 0 Å². The van der Waals surface area contributed by atoms with Gasteiger partial charge in [0.2, 0.25) is 0 Å². The number of nitrogens with zero attached hydrogens (tertiary/aromatic N) is 2. The Hall–Kier alpha value is -3.44. The maximum absolute atomic E-state index is 6.25. The van der Waals surface area contributed by atoms with Gasteiger partial charge in [0.05, 0.1) is 19.8 Å². The highest BCUT2D eigenvalue weighted by molar-refractivity contribution is 5.86. The van der Waals surface area contributed by atoms with Crippen molar-refractivity contribution in [3.05, 3.63) is 88.6 Å². The van der Waals surface area contributed by atoms with E-state index < -0.39 is 0 Å². The van der Waals surface area contributed by atoms with Crippen molar-refractivity contribution in [1.29, 1.82) is 0 Å². The Balaban J connectivity index is 1.26. The molecule has 1 atom stereocenters. The van der Waals surface area contributed by atoms with Crippen molar-refractivity contribution in [2.45, 2.75) is 58.4 Å². The summed E-state index contributed by atoms with van der Waals surface area (Å²) < 4.78 is 12.1. The molecule has 6 rings (SSSR count). The number of aromatic amines is 1. The van der Waals surface area contributed by atoms with Crippen LogP contribution >= 0.6 is 0 Å². The lowest BCUT2D eigenvalue weighted by molar-refractivity contribution is 0.214. The van der Waals surface area contributed by atoms with Crippen LogP contribution in [0.25, 0.3) is 10.9 Å². The molecule has 2 aliphatic rings. The molecule has 1 fully saturated rings. The number of benzene rings is 3. The summed E-state index contributed by atoms with van der Waals surface area (Å²) in [5.41, 5.74) is 8.94. The zero-order valence-corrected chi connectivity index (χ0v) is 24.3. The van der Waals surface area contributed by atoms with Gasteiger partial charge in [0.15, 0.2) is 11.5 Å². The highest BCUT2D eigenvalue weighted by atomic mass is 16.5. The summed E-state index contributed by atoms with van der Waals surface area (Å²) in [7, 11) is 1.75. The molecule has 2 aliphatic heterocycles. The van der Waals surface area contributed by atoms with Crippen LogP contribution in [0.15, 0.2) is 60.7 Å². The molecule has 0 bridgehead atoms. The summed E-state index contributed by atoms with van der Waals surface area (Å²) in [6.45, 7) is 9.70. The normalized spacial score (nSPS) is 17.7. The largest absolute Gasteiger partial charge is 0.493 e. The second kappa shape index (κ2) is 12.0. The average molecular weight is 538 g/mol. The van der Waals surface area contributed by atoms with Crippen molar-refractivity contribution in [2.75, 3.05) is 44.8 Å². The SMILES string of the molecule is COc1cc(C2c3[nH]c4ccc(C)cc4c3CCN2c2ccc(C)cc2)ccc1OCCCCN1CCCCC1. The zero-order valence-electron chi connectivity index (χ0n) is 24.3. The quantitative estimate of drug-likeness (QED) is 0.223. The lowest BCUT2D eigenvalue weighted by Gasteiger charge is -2.38. The predicted molar refractivity (Wildman–Crippen MR) is 165 cm³/mol. The van der Waals surface area contributed by atoms with Crippen LogP contribution in [0.5, 0.6) is 11.5 Å². The fraction of sp³-hybridized carbons (Fsp3) is 0.429. The van der Waals surface area contributed by atoms with Crippen molar-refractivity contribution >= 4 is 16.6 Å². The highest BCUT2D eigenvalue weighted by Crippen LogP contribution is 2.43. The second-order valence-electron chi connectivity index (χ2n) is 11.6. The lowest BCUT2D eigenvalue weighted by atomic mass is 9.91. The van der Waals surface area contributed by atoms with Crippen LogP contribution < -0.4 is 14.4 Å². The van der Waals surface area contributed by atoms with Gasteiger partial charge in [0, 0.05) is 28.8 Å². The third-order valence-electron chi connectivity index (χ3n) is 8.73. The summed E-state index contributed by atoms with van der Waals surface area (Å²) in [6, 6.07) is 22.2. The van der Waals surface area contributed by atoms with E-state index in [2.05, 4.69) is 89.3 Å². The third-order valence-corrected chi connectivity index (χ3v) is 8.73. The second-order valence-corrected chi connectivity index (χ2v) is 11.6. The molecule has 0 spiro atoms. The van der Waals surface area contributed by atoms with Crippen LogP contribution in [0, 0.1) is 13.8 Å².